The molecule has 7 nitrogen and oxygen atoms in total. The van der Waals surface area contributed by atoms with Crippen molar-refractivity contribution in [2.24, 2.45) is 5.92 Å². The molecule has 1 saturated heterocycles. The van der Waals surface area contributed by atoms with Crippen molar-refractivity contribution in [2.75, 3.05) is 57.5 Å². The van der Waals surface area contributed by atoms with E-state index in [-0.39, 0.29) is 31.3 Å². The summed E-state index contributed by atoms with van der Waals surface area (Å²) in [5, 5.41) is 7.84. The van der Waals surface area contributed by atoms with Crippen molar-refractivity contribution in [2.45, 2.75) is 19.3 Å². The first kappa shape index (κ1) is 19.0. The number of nitrogens with zero attached hydrogens (tertiary/aromatic N) is 5. The Hall–Kier alpha value is -2.29. The zero-order valence-electron chi connectivity index (χ0n) is 15.9. The second kappa shape index (κ2) is 8.38. The molecule has 152 valence electrons. The molecule has 1 fully saturated rings. The van der Waals surface area contributed by atoms with Crippen LogP contribution in [0.5, 0.6) is 0 Å². The van der Waals surface area contributed by atoms with E-state index in [1.165, 1.54) is 10.5 Å². The second-order valence-electron chi connectivity index (χ2n) is 7.37. The van der Waals surface area contributed by atoms with Crippen molar-refractivity contribution in [3.05, 3.63) is 23.5 Å². The number of aromatic nitrogens is 3. The Morgan fingerprint density at radius 3 is 2.82 bits per heavy atom. The van der Waals surface area contributed by atoms with Gasteiger partial charge in [0.15, 0.2) is 5.65 Å². The minimum atomic E-state index is -0.604. The van der Waals surface area contributed by atoms with Crippen LogP contribution in [0, 0.1) is 5.92 Å². The fourth-order valence-corrected chi connectivity index (χ4v) is 4.09. The van der Waals surface area contributed by atoms with E-state index in [0.29, 0.717) is 13.1 Å². The number of rotatable bonds is 7. The van der Waals surface area contributed by atoms with Gasteiger partial charge in [-0.2, -0.15) is 9.61 Å². The number of fused-ring (bicyclic) bond motifs is 2. The van der Waals surface area contributed by atoms with Gasteiger partial charge in [0.2, 0.25) is 5.91 Å². The van der Waals surface area contributed by atoms with Crippen LogP contribution < -0.4 is 10.2 Å². The molecule has 2 aromatic rings. The number of alkyl halides is 2. The predicted octanol–water partition coefficient (Wildman–Crippen LogP) is 1.01. The average Bonchev–Trinajstić information content (AvgIpc) is 3.00. The third-order valence-electron chi connectivity index (χ3n) is 5.54. The maximum Gasteiger partial charge on any atom is 0.229 e. The van der Waals surface area contributed by atoms with E-state index < -0.39 is 13.3 Å². The van der Waals surface area contributed by atoms with Crippen molar-refractivity contribution in [1.82, 2.24) is 24.8 Å². The van der Waals surface area contributed by atoms with E-state index in [0.717, 1.165) is 43.1 Å². The summed E-state index contributed by atoms with van der Waals surface area (Å²) >= 11 is 0. The van der Waals surface area contributed by atoms with Gasteiger partial charge in [0, 0.05) is 50.8 Å². The molecule has 0 unspecified atom stereocenters. The molecular weight excluding hydrogens is 366 g/mol. The molecule has 1 amide bonds. The van der Waals surface area contributed by atoms with Gasteiger partial charge >= 0.3 is 0 Å². The standard InChI is InChI=1S/C19H26F2N6O/c20-5-1-10-25(11-6-21)19(28)14-12-26(13-14)18-15-2-7-22-8-3-16(15)24-17-4-9-23-27(17)18/h4,9,14,22H,1-3,5-8,10-13H2. The largest absolute Gasteiger partial charge is 0.354 e. The highest BCUT2D eigenvalue weighted by atomic mass is 19.1. The fraction of sp³-hybridized carbons (Fsp3) is 0.632. The van der Waals surface area contributed by atoms with Gasteiger partial charge in [0.05, 0.1) is 24.5 Å². The van der Waals surface area contributed by atoms with E-state index >= 15 is 0 Å². The van der Waals surface area contributed by atoms with Crippen LogP contribution in [0.15, 0.2) is 12.3 Å². The SMILES string of the molecule is O=C(C1CN(c2c3c(nc4ccnn24)CCNCC3)C1)N(CCF)CCCF. The molecule has 0 aliphatic carbocycles. The first-order chi connectivity index (χ1) is 13.7. The molecule has 2 aliphatic rings. The summed E-state index contributed by atoms with van der Waals surface area (Å²) in [4.78, 5) is 21.1. The Labute approximate surface area is 162 Å². The quantitative estimate of drug-likeness (QED) is 0.762. The van der Waals surface area contributed by atoms with Crippen LogP contribution in [0.1, 0.15) is 17.7 Å². The number of halogens is 2. The van der Waals surface area contributed by atoms with Crippen molar-refractivity contribution >= 4 is 17.4 Å². The van der Waals surface area contributed by atoms with E-state index in [4.69, 9.17) is 4.98 Å². The van der Waals surface area contributed by atoms with Crippen molar-refractivity contribution in [1.29, 1.82) is 0 Å². The summed E-state index contributed by atoms with van der Waals surface area (Å²) in [6.45, 7) is 2.13. The summed E-state index contributed by atoms with van der Waals surface area (Å²) in [6.07, 6.45) is 3.73. The monoisotopic (exact) mass is 392 g/mol. The minimum absolute atomic E-state index is 0.0368. The minimum Gasteiger partial charge on any atom is -0.354 e. The number of anilines is 1. The Kier molecular flexibility index (Phi) is 5.70. The Balaban J connectivity index is 1.54. The molecule has 28 heavy (non-hydrogen) atoms. The van der Waals surface area contributed by atoms with Gasteiger partial charge in [-0.15, -0.1) is 0 Å². The molecule has 0 radical (unpaired) electrons. The first-order valence-corrected chi connectivity index (χ1v) is 9.94. The lowest BCUT2D eigenvalue weighted by Crippen LogP contribution is -2.56. The van der Waals surface area contributed by atoms with E-state index in [9.17, 15) is 13.6 Å². The number of nitrogens with one attached hydrogen (secondary N) is 1. The smallest absolute Gasteiger partial charge is 0.229 e. The fourth-order valence-electron chi connectivity index (χ4n) is 4.09. The lowest BCUT2D eigenvalue weighted by Gasteiger charge is -2.42. The predicted molar refractivity (Wildman–Crippen MR) is 102 cm³/mol. The van der Waals surface area contributed by atoms with Crippen LogP contribution >= 0.6 is 0 Å². The van der Waals surface area contributed by atoms with E-state index in [1.54, 1.807) is 6.20 Å². The molecule has 0 saturated carbocycles. The number of hydrogen-bond acceptors (Lipinski definition) is 5. The number of carbonyl (C=O) groups is 1. The molecule has 0 bridgehead atoms. The number of hydrogen-bond donors (Lipinski definition) is 1. The van der Waals surface area contributed by atoms with Crippen LogP contribution in [0.2, 0.25) is 0 Å². The lowest BCUT2D eigenvalue weighted by molar-refractivity contribution is -0.136. The molecule has 0 atom stereocenters. The van der Waals surface area contributed by atoms with Crippen molar-refractivity contribution < 1.29 is 13.6 Å². The molecule has 0 aromatic carbocycles. The van der Waals surface area contributed by atoms with Crippen LogP contribution in [-0.2, 0) is 17.6 Å². The van der Waals surface area contributed by atoms with Gasteiger partial charge in [-0.25, -0.2) is 9.37 Å². The molecule has 4 heterocycles. The summed E-state index contributed by atoms with van der Waals surface area (Å²) in [5.74, 6) is 0.740. The summed E-state index contributed by atoms with van der Waals surface area (Å²) in [7, 11) is 0. The Morgan fingerprint density at radius 2 is 2.04 bits per heavy atom. The van der Waals surface area contributed by atoms with Gasteiger partial charge in [0.1, 0.15) is 12.5 Å². The second-order valence-corrected chi connectivity index (χ2v) is 7.37. The third kappa shape index (κ3) is 3.55. The van der Waals surface area contributed by atoms with Crippen LogP contribution in [0.4, 0.5) is 14.6 Å². The van der Waals surface area contributed by atoms with Crippen LogP contribution in [0.25, 0.3) is 5.65 Å². The molecule has 1 N–H and O–H groups in total. The summed E-state index contributed by atoms with van der Waals surface area (Å²) < 4.78 is 27.1. The Bertz CT molecular complexity index is 835. The molecule has 0 spiro atoms. The number of amides is 1. The van der Waals surface area contributed by atoms with Crippen LogP contribution in [-0.4, -0.2) is 78.0 Å². The molecule has 9 heteroatoms. The molecule has 2 aliphatic heterocycles. The van der Waals surface area contributed by atoms with Gasteiger partial charge in [-0.05, 0) is 19.4 Å². The van der Waals surface area contributed by atoms with Crippen molar-refractivity contribution in [3.8, 4) is 0 Å². The van der Waals surface area contributed by atoms with E-state index in [2.05, 4.69) is 15.3 Å². The highest BCUT2D eigenvalue weighted by Crippen LogP contribution is 2.32. The topological polar surface area (TPSA) is 65.8 Å². The normalized spacial score (nSPS) is 17.3. The summed E-state index contributed by atoms with van der Waals surface area (Å²) in [5.41, 5.74) is 3.09. The van der Waals surface area contributed by atoms with Gasteiger partial charge in [-0.3, -0.25) is 9.18 Å². The highest BCUT2D eigenvalue weighted by Gasteiger charge is 2.38. The van der Waals surface area contributed by atoms with Gasteiger partial charge in [-0.1, -0.05) is 0 Å². The Morgan fingerprint density at radius 1 is 1.21 bits per heavy atom. The molecule has 4 rings (SSSR count). The maximum atomic E-state index is 12.8. The van der Waals surface area contributed by atoms with Gasteiger partial charge in [0.25, 0.3) is 0 Å². The molecular formula is C19H26F2N6O. The maximum absolute atomic E-state index is 12.8. The average molecular weight is 392 g/mol. The third-order valence-corrected chi connectivity index (χ3v) is 5.54. The summed E-state index contributed by atoms with van der Waals surface area (Å²) in [6, 6.07) is 1.89. The zero-order chi connectivity index (χ0) is 19.5. The van der Waals surface area contributed by atoms with Crippen molar-refractivity contribution in [3.63, 3.8) is 0 Å². The molecule has 2 aromatic heterocycles. The zero-order valence-corrected chi connectivity index (χ0v) is 15.9. The lowest BCUT2D eigenvalue weighted by atomic mass is 9.96. The number of carbonyl (C=O) groups excluding carboxylic acids is 1. The highest BCUT2D eigenvalue weighted by molar-refractivity contribution is 5.82. The first-order valence-electron chi connectivity index (χ1n) is 9.94. The van der Waals surface area contributed by atoms with Gasteiger partial charge < -0.3 is 15.1 Å². The van der Waals surface area contributed by atoms with Crippen LogP contribution in [0.3, 0.4) is 0 Å². The van der Waals surface area contributed by atoms with E-state index in [1.807, 2.05) is 10.6 Å².